The Kier molecular flexibility index (Phi) is 4.93. The Morgan fingerprint density at radius 2 is 1.63 bits per heavy atom. The van der Waals surface area contributed by atoms with Crippen molar-refractivity contribution in [2.45, 2.75) is 9.79 Å². The Bertz CT molecular complexity index is 1080. The summed E-state index contributed by atoms with van der Waals surface area (Å²) in [5, 5.41) is 5.10. The molecule has 1 aliphatic rings. The van der Waals surface area contributed by atoms with Gasteiger partial charge in [-0.25, -0.2) is 22.0 Å². The van der Waals surface area contributed by atoms with Crippen LogP contribution in [0.5, 0.6) is 0 Å². The molecule has 0 radical (unpaired) electrons. The van der Waals surface area contributed by atoms with E-state index in [9.17, 15) is 21.6 Å². The van der Waals surface area contributed by atoms with Crippen LogP contribution in [0.4, 0.5) is 0 Å². The predicted molar refractivity (Wildman–Crippen MR) is 96.9 cm³/mol. The van der Waals surface area contributed by atoms with Gasteiger partial charge in [0.05, 0.1) is 4.90 Å². The molecule has 12 heteroatoms. The third-order valence-corrected chi connectivity index (χ3v) is 7.26. The fraction of sp³-hybridized carbons (Fsp3) is 0.400. The van der Waals surface area contributed by atoms with Gasteiger partial charge in [0.25, 0.3) is 5.91 Å². The third kappa shape index (κ3) is 3.78. The largest absolute Gasteiger partial charge is 0.356 e. The SMILES string of the molecule is Cn1ccc(S(=O)(=O)N2CCN(C(=O)c3cc(S(N)(=O)=O)cn3C)CC2)c1. The summed E-state index contributed by atoms with van der Waals surface area (Å²) in [6.45, 7) is 0.743. The summed E-state index contributed by atoms with van der Waals surface area (Å²) >= 11 is 0. The maximum absolute atomic E-state index is 12.7. The van der Waals surface area contributed by atoms with Crippen molar-refractivity contribution in [1.29, 1.82) is 0 Å². The third-order valence-electron chi connectivity index (χ3n) is 4.50. The van der Waals surface area contributed by atoms with Crippen LogP contribution < -0.4 is 5.14 Å². The van der Waals surface area contributed by atoms with Gasteiger partial charge in [0.2, 0.25) is 20.0 Å². The van der Waals surface area contributed by atoms with E-state index in [-0.39, 0.29) is 47.6 Å². The quantitative estimate of drug-likeness (QED) is 0.696. The van der Waals surface area contributed by atoms with Crippen LogP contribution in [0.15, 0.2) is 40.5 Å². The van der Waals surface area contributed by atoms with Gasteiger partial charge in [-0.1, -0.05) is 0 Å². The minimum atomic E-state index is -3.91. The molecule has 3 heterocycles. The minimum absolute atomic E-state index is 0.140. The average Bonchev–Trinajstić information content (AvgIpc) is 3.20. The molecular formula is C15H21N5O5S2. The molecule has 0 unspecified atom stereocenters. The van der Waals surface area contributed by atoms with E-state index in [2.05, 4.69) is 0 Å². The topological polar surface area (TPSA) is 128 Å². The molecule has 27 heavy (non-hydrogen) atoms. The van der Waals surface area contributed by atoms with Crippen molar-refractivity contribution in [1.82, 2.24) is 18.3 Å². The van der Waals surface area contributed by atoms with Crippen molar-refractivity contribution in [3.63, 3.8) is 0 Å². The second-order valence-corrected chi connectivity index (χ2v) is 9.93. The maximum atomic E-state index is 12.7. The maximum Gasteiger partial charge on any atom is 0.270 e. The summed E-state index contributed by atoms with van der Waals surface area (Å²) in [7, 11) is -4.22. The summed E-state index contributed by atoms with van der Waals surface area (Å²) in [5.74, 6) is -0.371. The summed E-state index contributed by atoms with van der Waals surface area (Å²) in [6, 6.07) is 2.76. The molecule has 0 bridgehead atoms. The lowest BCUT2D eigenvalue weighted by Crippen LogP contribution is -2.50. The van der Waals surface area contributed by atoms with Crippen LogP contribution >= 0.6 is 0 Å². The number of amides is 1. The van der Waals surface area contributed by atoms with Crippen molar-refractivity contribution in [2.75, 3.05) is 26.2 Å². The molecule has 2 aromatic heterocycles. The molecule has 0 atom stereocenters. The first kappa shape index (κ1) is 19.6. The van der Waals surface area contributed by atoms with E-state index >= 15 is 0 Å². The normalized spacial score (nSPS) is 16.6. The van der Waals surface area contributed by atoms with E-state index in [0.717, 1.165) is 0 Å². The molecular weight excluding hydrogens is 394 g/mol. The number of aryl methyl sites for hydroxylation is 2. The number of piperazine rings is 1. The number of nitrogens with zero attached hydrogens (tertiary/aromatic N) is 4. The molecule has 10 nitrogen and oxygen atoms in total. The highest BCUT2D eigenvalue weighted by Crippen LogP contribution is 2.19. The van der Waals surface area contributed by atoms with Gasteiger partial charge >= 0.3 is 0 Å². The lowest BCUT2D eigenvalue weighted by atomic mass is 10.3. The Balaban J connectivity index is 1.72. The van der Waals surface area contributed by atoms with E-state index in [0.29, 0.717) is 0 Å². The molecule has 1 saturated heterocycles. The average molecular weight is 415 g/mol. The van der Waals surface area contributed by atoms with Gasteiger partial charge in [-0.15, -0.1) is 0 Å². The second-order valence-electron chi connectivity index (χ2n) is 6.43. The molecule has 1 aliphatic heterocycles. The zero-order valence-corrected chi connectivity index (χ0v) is 16.6. The number of hydrogen-bond acceptors (Lipinski definition) is 5. The van der Waals surface area contributed by atoms with Crippen molar-refractivity contribution < 1.29 is 21.6 Å². The van der Waals surface area contributed by atoms with E-state index in [1.165, 1.54) is 38.3 Å². The van der Waals surface area contributed by atoms with Crippen molar-refractivity contribution in [3.8, 4) is 0 Å². The summed E-state index contributed by atoms with van der Waals surface area (Å²) in [5.41, 5.74) is 0.179. The van der Waals surface area contributed by atoms with Crippen LogP contribution in [0.25, 0.3) is 0 Å². The second kappa shape index (κ2) is 6.78. The van der Waals surface area contributed by atoms with Gasteiger partial charge in [-0.05, 0) is 12.1 Å². The Morgan fingerprint density at radius 3 is 2.11 bits per heavy atom. The summed E-state index contributed by atoms with van der Waals surface area (Å²) in [6.07, 6.45) is 4.47. The number of primary sulfonamides is 1. The van der Waals surface area contributed by atoms with Crippen molar-refractivity contribution in [2.24, 2.45) is 19.2 Å². The van der Waals surface area contributed by atoms with E-state index in [4.69, 9.17) is 5.14 Å². The zero-order chi connectivity index (χ0) is 20.0. The smallest absolute Gasteiger partial charge is 0.270 e. The fourth-order valence-corrected chi connectivity index (χ4v) is 5.03. The first-order chi connectivity index (χ1) is 12.5. The molecule has 148 valence electrons. The Labute approximate surface area is 157 Å². The van der Waals surface area contributed by atoms with Crippen LogP contribution in [0.3, 0.4) is 0 Å². The molecule has 1 fully saturated rings. The number of hydrogen-bond donors (Lipinski definition) is 1. The molecule has 0 saturated carbocycles. The van der Waals surface area contributed by atoms with E-state index in [1.807, 2.05) is 0 Å². The van der Waals surface area contributed by atoms with Crippen molar-refractivity contribution in [3.05, 3.63) is 36.4 Å². The predicted octanol–water partition coefficient (Wildman–Crippen LogP) is -0.842. The first-order valence-corrected chi connectivity index (χ1v) is 11.1. The molecule has 1 amide bonds. The van der Waals surface area contributed by atoms with Gasteiger partial charge in [0.1, 0.15) is 10.6 Å². The Morgan fingerprint density at radius 1 is 1.00 bits per heavy atom. The van der Waals surface area contributed by atoms with Gasteiger partial charge in [-0.2, -0.15) is 4.31 Å². The number of rotatable bonds is 4. The lowest BCUT2D eigenvalue weighted by molar-refractivity contribution is 0.0688. The number of aromatic nitrogens is 2. The molecule has 0 aliphatic carbocycles. The van der Waals surface area contributed by atoms with Crippen LogP contribution in [-0.2, 0) is 34.1 Å². The van der Waals surface area contributed by atoms with E-state index in [1.54, 1.807) is 24.9 Å². The highest BCUT2D eigenvalue weighted by atomic mass is 32.2. The van der Waals surface area contributed by atoms with E-state index < -0.39 is 20.0 Å². The standard InChI is InChI=1S/C15H21N5O5S2/c1-17-4-3-12(10-17)27(24,25)20-7-5-19(6-8-20)15(21)14-9-13(11-18(14)2)26(16,22)23/h3-4,9-11H,5-8H2,1-2H3,(H2,16,22,23). The molecule has 2 aromatic rings. The van der Waals surface area contributed by atoms with Crippen molar-refractivity contribution >= 4 is 26.0 Å². The van der Waals surface area contributed by atoms with Crippen LogP contribution in [0.2, 0.25) is 0 Å². The fourth-order valence-electron chi connectivity index (χ4n) is 2.98. The van der Waals surface area contributed by atoms with Crippen LogP contribution in [-0.4, -0.2) is 67.3 Å². The number of nitrogens with two attached hydrogens (primary N) is 1. The number of sulfonamides is 2. The highest BCUT2D eigenvalue weighted by molar-refractivity contribution is 7.89. The molecule has 0 aromatic carbocycles. The molecule has 2 N–H and O–H groups in total. The molecule has 0 spiro atoms. The number of carbonyl (C=O) groups is 1. The summed E-state index contributed by atoms with van der Waals surface area (Å²) in [4.78, 5) is 14.3. The van der Waals surface area contributed by atoms with Gasteiger partial charge < -0.3 is 14.0 Å². The Hall–Kier alpha value is -2.15. The molecule has 3 rings (SSSR count). The van der Waals surface area contributed by atoms with Gasteiger partial charge in [0.15, 0.2) is 0 Å². The minimum Gasteiger partial charge on any atom is -0.356 e. The lowest BCUT2D eigenvalue weighted by Gasteiger charge is -2.33. The van der Waals surface area contributed by atoms with Gasteiger partial charge in [-0.3, -0.25) is 4.79 Å². The first-order valence-electron chi connectivity index (χ1n) is 8.11. The number of carbonyl (C=O) groups excluding carboxylic acids is 1. The highest BCUT2D eigenvalue weighted by Gasteiger charge is 2.31. The zero-order valence-electron chi connectivity index (χ0n) is 14.9. The van der Waals surface area contributed by atoms with Gasteiger partial charge in [0, 0.05) is 58.9 Å². The summed E-state index contributed by atoms with van der Waals surface area (Å²) < 4.78 is 52.6. The van der Waals surface area contributed by atoms with Crippen LogP contribution in [0, 0.1) is 0 Å². The monoisotopic (exact) mass is 415 g/mol. The van der Waals surface area contributed by atoms with Crippen LogP contribution in [0.1, 0.15) is 10.5 Å².